The van der Waals surface area contributed by atoms with Gasteiger partial charge in [0.05, 0.1) is 7.11 Å². The van der Waals surface area contributed by atoms with Gasteiger partial charge in [0, 0.05) is 12.1 Å². The van der Waals surface area contributed by atoms with E-state index >= 15 is 0 Å². The van der Waals surface area contributed by atoms with Crippen molar-refractivity contribution >= 4 is 5.91 Å². The highest BCUT2D eigenvalue weighted by Gasteiger charge is 2.05. The molecule has 2 aromatic carbocycles. The van der Waals surface area contributed by atoms with E-state index in [9.17, 15) is 9.18 Å². The van der Waals surface area contributed by atoms with Crippen molar-refractivity contribution in [1.82, 2.24) is 5.32 Å². The lowest BCUT2D eigenvalue weighted by Crippen LogP contribution is -2.25. The summed E-state index contributed by atoms with van der Waals surface area (Å²) in [6.07, 6.45) is 0.569. The molecule has 104 valence electrons. The first-order valence-corrected chi connectivity index (χ1v) is 6.36. The van der Waals surface area contributed by atoms with Gasteiger partial charge < -0.3 is 10.1 Å². The summed E-state index contributed by atoms with van der Waals surface area (Å²) in [6.45, 7) is 0.458. The second-order valence-electron chi connectivity index (χ2n) is 4.34. The summed E-state index contributed by atoms with van der Waals surface area (Å²) in [6, 6.07) is 13.8. The number of nitrogens with one attached hydrogen (secondary N) is 1. The molecule has 1 N–H and O–H groups in total. The molecule has 20 heavy (non-hydrogen) atoms. The van der Waals surface area contributed by atoms with Crippen LogP contribution in [0.2, 0.25) is 0 Å². The SMILES string of the molecule is COc1ccc(CCNC(=O)c2ccccc2)cc1F. The quantitative estimate of drug-likeness (QED) is 0.909. The molecule has 2 aromatic rings. The Labute approximate surface area is 117 Å². The van der Waals surface area contributed by atoms with Gasteiger partial charge in [-0.25, -0.2) is 4.39 Å². The number of hydrogen-bond donors (Lipinski definition) is 1. The smallest absolute Gasteiger partial charge is 0.251 e. The average molecular weight is 273 g/mol. The summed E-state index contributed by atoms with van der Waals surface area (Å²) in [5, 5.41) is 2.80. The van der Waals surface area contributed by atoms with Crippen molar-refractivity contribution in [2.45, 2.75) is 6.42 Å². The number of amides is 1. The van der Waals surface area contributed by atoms with Gasteiger partial charge in [-0.15, -0.1) is 0 Å². The lowest BCUT2D eigenvalue weighted by atomic mass is 10.1. The lowest BCUT2D eigenvalue weighted by Gasteiger charge is -2.07. The fourth-order valence-electron chi connectivity index (χ4n) is 1.88. The fourth-order valence-corrected chi connectivity index (χ4v) is 1.88. The van der Waals surface area contributed by atoms with E-state index in [1.54, 1.807) is 24.3 Å². The minimum absolute atomic E-state index is 0.125. The van der Waals surface area contributed by atoms with Crippen LogP contribution in [0.3, 0.4) is 0 Å². The van der Waals surface area contributed by atoms with Gasteiger partial charge in [0.25, 0.3) is 5.91 Å². The van der Waals surface area contributed by atoms with Crippen LogP contribution in [0.25, 0.3) is 0 Å². The molecule has 3 nitrogen and oxygen atoms in total. The van der Waals surface area contributed by atoms with Gasteiger partial charge in [-0.2, -0.15) is 0 Å². The van der Waals surface area contributed by atoms with Crippen LogP contribution in [-0.4, -0.2) is 19.6 Å². The molecule has 0 bridgehead atoms. The van der Waals surface area contributed by atoms with Gasteiger partial charge in [0.1, 0.15) is 0 Å². The summed E-state index contributed by atoms with van der Waals surface area (Å²) in [5.41, 5.74) is 1.44. The molecule has 0 unspecified atom stereocenters. The highest BCUT2D eigenvalue weighted by molar-refractivity contribution is 5.94. The van der Waals surface area contributed by atoms with Gasteiger partial charge in [0.15, 0.2) is 11.6 Å². The number of carbonyl (C=O) groups excluding carboxylic acids is 1. The van der Waals surface area contributed by atoms with Gasteiger partial charge in [0.2, 0.25) is 0 Å². The molecule has 0 saturated heterocycles. The van der Waals surface area contributed by atoms with Gasteiger partial charge in [-0.3, -0.25) is 4.79 Å². The second kappa shape index (κ2) is 6.70. The van der Waals surface area contributed by atoms with Crippen molar-refractivity contribution < 1.29 is 13.9 Å². The molecule has 2 rings (SSSR count). The Hall–Kier alpha value is -2.36. The molecular weight excluding hydrogens is 257 g/mol. The Kier molecular flexibility index (Phi) is 4.71. The fraction of sp³-hybridized carbons (Fsp3) is 0.188. The van der Waals surface area contributed by atoms with E-state index in [1.165, 1.54) is 13.2 Å². The molecule has 0 saturated carbocycles. The molecule has 4 heteroatoms. The van der Waals surface area contributed by atoms with Crippen molar-refractivity contribution in [3.8, 4) is 5.75 Å². The molecular formula is C16H16FNO2. The summed E-state index contributed by atoms with van der Waals surface area (Å²) in [4.78, 5) is 11.8. The molecule has 1 amide bonds. The Morgan fingerprint density at radius 2 is 1.95 bits per heavy atom. The number of rotatable bonds is 5. The molecule has 0 spiro atoms. The van der Waals surface area contributed by atoms with E-state index in [0.717, 1.165) is 5.56 Å². The van der Waals surface area contributed by atoms with Crippen LogP contribution in [0, 0.1) is 5.82 Å². The number of ether oxygens (including phenoxy) is 1. The Morgan fingerprint density at radius 1 is 1.20 bits per heavy atom. The molecule has 0 fully saturated rings. The zero-order valence-corrected chi connectivity index (χ0v) is 11.2. The van der Waals surface area contributed by atoms with E-state index in [2.05, 4.69) is 5.32 Å². The monoisotopic (exact) mass is 273 g/mol. The minimum atomic E-state index is -0.389. The number of benzene rings is 2. The van der Waals surface area contributed by atoms with Crippen molar-refractivity contribution in [2.75, 3.05) is 13.7 Å². The summed E-state index contributed by atoms with van der Waals surface area (Å²) in [5.74, 6) is -0.291. The first kappa shape index (κ1) is 14.1. The predicted molar refractivity (Wildman–Crippen MR) is 75.4 cm³/mol. The van der Waals surface area contributed by atoms with Gasteiger partial charge in [-0.1, -0.05) is 24.3 Å². The van der Waals surface area contributed by atoms with Crippen LogP contribution in [-0.2, 0) is 6.42 Å². The minimum Gasteiger partial charge on any atom is -0.494 e. The molecule has 0 aromatic heterocycles. The van der Waals surface area contributed by atoms with Crippen LogP contribution in [0.5, 0.6) is 5.75 Å². The van der Waals surface area contributed by atoms with Gasteiger partial charge in [-0.05, 0) is 36.2 Å². The first-order chi connectivity index (χ1) is 9.70. The Balaban J connectivity index is 1.87. The van der Waals surface area contributed by atoms with E-state index in [0.29, 0.717) is 18.5 Å². The van der Waals surface area contributed by atoms with Crippen molar-refractivity contribution in [3.63, 3.8) is 0 Å². The van der Waals surface area contributed by atoms with Crippen molar-refractivity contribution in [3.05, 3.63) is 65.5 Å². The summed E-state index contributed by atoms with van der Waals surface area (Å²) < 4.78 is 18.3. The number of hydrogen-bond acceptors (Lipinski definition) is 2. The van der Waals surface area contributed by atoms with Crippen molar-refractivity contribution in [2.24, 2.45) is 0 Å². The van der Waals surface area contributed by atoms with E-state index in [1.807, 2.05) is 18.2 Å². The van der Waals surface area contributed by atoms with E-state index in [4.69, 9.17) is 4.74 Å². The second-order valence-corrected chi connectivity index (χ2v) is 4.34. The zero-order valence-electron chi connectivity index (χ0n) is 11.2. The molecule has 0 atom stereocenters. The molecule has 0 aliphatic heterocycles. The third-order valence-corrected chi connectivity index (χ3v) is 2.95. The van der Waals surface area contributed by atoms with Crippen LogP contribution in [0.15, 0.2) is 48.5 Å². The van der Waals surface area contributed by atoms with Crippen LogP contribution >= 0.6 is 0 Å². The van der Waals surface area contributed by atoms with E-state index in [-0.39, 0.29) is 17.5 Å². The summed E-state index contributed by atoms with van der Waals surface area (Å²) in [7, 11) is 1.43. The Bertz CT molecular complexity index is 584. The van der Waals surface area contributed by atoms with Crippen molar-refractivity contribution in [1.29, 1.82) is 0 Å². The third-order valence-electron chi connectivity index (χ3n) is 2.95. The molecule has 0 heterocycles. The maximum absolute atomic E-state index is 13.5. The highest BCUT2D eigenvalue weighted by Crippen LogP contribution is 2.17. The maximum atomic E-state index is 13.5. The predicted octanol–water partition coefficient (Wildman–Crippen LogP) is 2.81. The van der Waals surface area contributed by atoms with Gasteiger partial charge >= 0.3 is 0 Å². The summed E-state index contributed by atoms with van der Waals surface area (Å²) >= 11 is 0. The molecule has 0 aliphatic carbocycles. The molecule has 0 aliphatic rings. The number of halogens is 1. The largest absolute Gasteiger partial charge is 0.494 e. The van der Waals surface area contributed by atoms with E-state index < -0.39 is 0 Å². The third kappa shape index (κ3) is 3.57. The highest BCUT2D eigenvalue weighted by atomic mass is 19.1. The lowest BCUT2D eigenvalue weighted by molar-refractivity contribution is 0.0954. The van der Waals surface area contributed by atoms with Crippen LogP contribution in [0.4, 0.5) is 4.39 Å². The Morgan fingerprint density at radius 3 is 2.60 bits per heavy atom. The number of carbonyl (C=O) groups is 1. The topological polar surface area (TPSA) is 38.3 Å². The first-order valence-electron chi connectivity index (χ1n) is 6.36. The standard InChI is InChI=1S/C16H16FNO2/c1-20-15-8-7-12(11-14(15)17)9-10-18-16(19)13-5-3-2-4-6-13/h2-8,11H,9-10H2,1H3,(H,18,19). The zero-order chi connectivity index (χ0) is 14.4. The normalized spacial score (nSPS) is 10.1. The number of methoxy groups -OCH3 is 1. The maximum Gasteiger partial charge on any atom is 0.251 e. The van der Waals surface area contributed by atoms with Crippen LogP contribution in [0.1, 0.15) is 15.9 Å². The van der Waals surface area contributed by atoms with Crippen LogP contribution < -0.4 is 10.1 Å². The molecule has 0 radical (unpaired) electrons. The average Bonchev–Trinajstić information content (AvgIpc) is 2.48.